The number of methoxy groups -OCH3 is 1. The van der Waals surface area contributed by atoms with Gasteiger partial charge in [0.05, 0.1) is 7.11 Å². The largest absolute Gasteiger partial charge is 0.480 e. The summed E-state index contributed by atoms with van der Waals surface area (Å²) in [5.41, 5.74) is -1.44. The van der Waals surface area contributed by atoms with Gasteiger partial charge in [-0.25, -0.2) is 9.59 Å². The number of nitrogens with zero attached hydrogens (tertiary/aromatic N) is 2. The first-order valence-electron chi connectivity index (χ1n) is 12.6. The highest BCUT2D eigenvalue weighted by Gasteiger charge is 2.42. The molecule has 0 bridgehead atoms. The summed E-state index contributed by atoms with van der Waals surface area (Å²) in [6, 6.07) is 10.1. The molecule has 2 aromatic heterocycles. The molecule has 2 amide bonds. The number of esters is 1. The number of carbonyl (C=O) groups excluding carboxylic acids is 3. The fourth-order valence-corrected chi connectivity index (χ4v) is 4.84. The van der Waals surface area contributed by atoms with E-state index in [4.69, 9.17) is 4.74 Å². The van der Waals surface area contributed by atoms with E-state index in [9.17, 15) is 24.3 Å². The second-order valence-electron chi connectivity index (χ2n) is 9.42. The van der Waals surface area contributed by atoms with Crippen LogP contribution in [0.4, 0.5) is 0 Å². The normalized spacial score (nSPS) is 17.8. The number of ether oxygens (including phenoxy) is 1. The molecule has 2 aromatic rings. The Morgan fingerprint density at radius 2 is 1.16 bits per heavy atom. The summed E-state index contributed by atoms with van der Waals surface area (Å²) in [6.07, 6.45) is 10.9. The molecular weight excluding hydrogens is 476 g/mol. The fourth-order valence-electron chi connectivity index (χ4n) is 4.84. The summed E-state index contributed by atoms with van der Waals surface area (Å²) < 4.78 is 4.86. The van der Waals surface area contributed by atoms with E-state index in [0.29, 0.717) is 31.4 Å². The van der Waals surface area contributed by atoms with E-state index in [-0.39, 0.29) is 17.6 Å². The second kappa shape index (κ2) is 12.9. The van der Waals surface area contributed by atoms with Gasteiger partial charge < -0.3 is 20.5 Å². The minimum Gasteiger partial charge on any atom is -0.480 e. The van der Waals surface area contributed by atoms with Crippen molar-refractivity contribution in [1.82, 2.24) is 20.6 Å². The Hall–Kier alpha value is -3.82. The van der Waals surface area contributed by atoms with Crippen molar-refractivity contribution in [3.05, 3.63) is 60.2 Å². The molecule has 10 nitrogen and oxygen atoms in total. The molecule has 198 valence electrons. The molecule has 0 aliphatic heterocycles. The van der Waals surface area contributed by atoms with E-state index in [0.717, 1.165) is 38.5 Å². The van der Waals surface area contributed by atoms with Gasteiger partial charge in [-0.3, -0.25) is 19.6 Å². The van der Waals surface area contributed by atoms with E-state index in [1.54, 1.807) is 42.6 Å². The molecular formula is C27H34N4O6. The zero-order chi connectivity index (χ0) is 26.7. The molecule has 0 saturated heterocycles. The number of aromatic nitrogens is 2. The number of hydrogen-bond donors (Lipinski definition) is 3. The maximum absolute atomic E-state index is 12.2. The summed E-state index contributed by atoms with van der Waals surface area (Å²) in [7, 11) is 1.35. The van der Waals surface area contributed by atoms with Gasteiger partial charge in [-0.15, -0.1) is 0 Å². The van der Waals surface area contributed by atoms with Gasteiger partial charge in [0.15, 0.2) is 0 Å². The summed E-state index contributed by atoms with van der Waals surface area (Å²) in [6.45, 7) is 0. The maximum atomic E-state index is 12.2. The van der Waals surface area contributed by atoms with Crippen LogP contribution in [0.15, 0.2) is 48.8 Å². The predicted molar refractivity (Wildman–Crippen MR) is 135 cm³/mol. The molecule has 2 aliphatic carbocycles. The zero-order valence-electron chi connectivity index (χ0n) is 21.1. The highest BCUT2D eigenvalue weighted by atomic mass is 16.5. The Kier molecular flexibility index (Phi) is 9.71. The van der Waals surface area contributed by atoms with Crippen molar-refractivity contribution in [2.75, 3.05) is 7.11 Å². The topological polar surface area (TPSA) is 148 Å². The van der Waals surface area contributed by atoms with Crippen LogP contribution in [0.5, 0.6) is 0 Å². The van der Waals surface area contributed by atoms with Crippen molar-refractivity contribution in [2.45, 2.75) is 75.3 Å². The quantitative estimate of drug-likeness (QED) is 0.502. The lowest BCUT2D eigenvalue weighted by molar-refractivity contribution is -0.149. The van der Waals surface area contributed by atoms with Crippen molar-refractivity contribution in [3.63, 3.8) is 0 Å². The van der Waals surface area contributed by atoms with Gasteiger partial charge in [0.25, 0.3) is 11.8 Å². The first-order chi connectivity index (χ1) is 17.8. The van der Waals surface area contributed by atoms with Crippen molar-refractivity contribution in [3.8, 4) is 0 Å². The van der Waals surface area contributed by atoms with E-state index in [1.807, 2.05) is 0 Å². The van der Waals surface area contributed by atoms with Gasteiger partial charge in [-0.2, -0.15) is 0 Å². The molecule has 2 heterocycles. The van der Waals surface area contributed by atoms with Crippen LogP contribution in [0.3, 0.4) is 0 Å². The van der Waals surface area contributed by atoms with Crippen molar-refractivity contribution >= 4 is 23.8 Å². The third kappa shape index (κ3) is 7.12. The third-order valence-corrected chi connectivity index (χ3v) is 6.90. The molecule has 37 heavy (non-hydrogen) atoms. The minimum atomic E-state index is -1.12. The van der Waals surface area contributed by atoms with Crippen LogP contribution in [0.2, 0.25) is 0 Å². The van der Waals surface area contributed by atoms with E-state index in [2.05, 4.69) is 20.6 Å². The molecule has 4 rings (SSSR count). The number of rotatable bonds is 6. The Bertz CT molecular complexity index is 1060. The average molecular weight is 511 g/mol. The number of carboxylic acid groups (broad SMARTS) is 1. The number of carboxylic acids is 1. The van der Waals surface area contributed by atoms with Crippen LogP contribution in [-0.4, -0.2) is 57.0 Å². The lowest BCUT2D eigenvalue weighted by Crippen LogP contribution is -2.56. The highest BCUT2D eigenvalue weighted by Crippen LogP contribution is 2.30. The second-order valence-corrected chi connectivity index (χ2v) is 9.42. The molecule has 2 saturated carbocycles. The third-order valence-electron chi connectivity index (χ3n) is 6.90. The molecule has 0 spiro atoms. The molecule has 0 aromatic carbocycles. The summed E-state index contributed by atoms with van der Waals surface area (Å²) in [4.78, 5) is 55.5. The first kappa shape index (κ1) is 27.8. The number of aliphatic carboxylic acids is 1. The van der Waals surface area contributed by atoms with Gasteiger partial charge in [0.2, 0.25) is 0 Å². The van der Waals surface area contributed by atoms with Crippen molar-refractivity contribution in [2.24, 2.45) is 0 Å². The molecule has 3 N–H and O–H groups in total. The number of nitrogens with one attached hydrogen (secondary N) is 2. The number of pyridine rings is 2. The number of hydrogen-bond acceptors (Lipinski definition) is 7. The zero-order valence-corrected chi connectivity index (χ0v) is 21.1. The number of carbonyl (C=O) groups is 4. The van der Waals surface area contributed by atoms with Gasteiger partial charge >= 0.3 is 11.9 Å². The average Bonchev–Trinajstić information content (AvgIpc) is 2.94. The molecule has 2 fully saturated rings. The van der Waals surface area contributed by atoms with Gasteiger partial charge in [-0.05, 0) is 49.9 Å². The molecule has 0 unspecified atom stereocenters. The van der Waals surface area contributed by atoms with E-state index >= 15 is 0 Å². The Morgan fingerprint density at radius 1 is 0.730 bits per heavy atom. The Morgan fingerprint density at radius 3 is 1.54 bits per heavy atom. The van der Waals surface area contributed by atoms with Gasteiger partial charge in [-0.1, -0.05) is 50.7 Å². The molecule has 10 heteroatoms. The molecule has 0 radical (unpaired) electrons. The summed E-state index contributed by atoms with van der Waals surface area (Å²) in [5.74, 6) is -2.06. The monoisotopic (exact) mass is 510 g/mol. The lowest BCUT2D eigenvalue weighted by Gasteiger charge is -2.35. The van der Waals surface area contributed by atoms with Crippen LogP contribution in [-0.2, 0) is 14.3 Å². The van der Waals surface area contributed by atoms with Gasteiger partial charge in [0, 0.05) is 12.4 Å². The van der Waals surface area contributed by atoms with Crippen LogP contribution in [0, 0.1) is 0 Å². The summed E-state index contributed by atoms with van der Waals surface area (Å²) in [5, 5.41) is 14.8. The summed E-state index contributed by atoms with van der Waals surface area (Å²) >= 11 is 0. The number of amides is 2. The van der Waals surface area contributed by atoms with Crippen LogP contribution < -0.4 is 10.6 Å². The fraction of sp³-hybridized carbons (Fsp3) is 0.481. The molecule has 0 atom stereocenters. The predicted octanol–water partition coefficient (Wildman–Crippen LogP) is 3.29. The Labute approximate surface area is 216 Å². The van der Waals surface area contributed by atoms with Gasteiger partial charge in [0.1, 0.15) is 22.5 Å². The lowest BCUT2D eigenvalue weighted by atomic mass is 9.81. The minimum absolute atomic E-state index is 0.253. The van der Waals surface area contributed by atoms with Crippen LogP contribution >= 0.6 is 0 Å². The van der Waals surface area contributed by atoms with Crippen LogP contribution in [0.1, 0.15) is 85.2 Å². The van der Waals surface area contributed by atoms with E-state index < -0.39 is 23.0 Å². The van der Waals surface area contributed by atoms with Crippen molar-refractivity contribution < 1.29 is 29.0 Å². The standard InChI is InChI=1S/C14H18N2O3.C13H16N2O3/c1-19-13(18)14(8-4-2-5-9-14)16-12(17)11-7-3-6-10-15-11;16-11(10-6-2-5-9-14-10)15-13(12(17)18)7-3-1-4-8-13/h3,6-7,10H,2,4-5,8-9H2,1H3,(H,16,17);2,5-6,9H,1,3-4,7-8H2,(H,15,16)(H,17,18). The maximum Gasteiger partial charge on any atom is 0.331 e. The van der Waals surface area contributed by atoms with Crippen LogP contribution in [0.25, 0.3) is 0 Å². The molecule has 2 aliphatic rings. The first-order valence-corrected chi connectivity index (χ1v) is 12.6. The highest BCUT2D eigenvalue weighted by molar-refractivity contribution is 5.97. The Balaban J connectivity index is 0.000000206. The van der Waals surface area contributed by atoms with E-state index in [1.165, 1.54) is 13.3 Å². The smallest absolute Gasteiger partial charge is 0.331 e. The van der Waals surface area contributed by atoms with Crippen molar-refractivity contribution in [1.29, 1.82) is 0 Å². The SMILES string of the molecule is COC(=O)C1(NC(=O)c2ccccn2)CCCCC1.O=C(NC1(C(=O)O)CCCCC1)c1ccccn1.